The summed E-state index contributed by atoms with van der Waals surface area (Å²) in [4.78, 5) is 6.94. The largest absolute Gasteiger partial charge is 0.493 e. The lowest BCUT2D eigenvalue weighted by Gasteiger charge is -2.24. The maximum atomic E-state index is 9.93. The van der Waals surface area contributed by atoms with Crippen LogP contribution in [0.5, 0.6) is 11.5 Å². The molecule has 0 aliphatic heterocycles. The number of hydrogen-bond donors (Lipinski definition) is 1. The number of methoxy groups -OCH3 is 2. The van der Waals surface area contributed by atoms with Crippen LogP contribution in [0.15, 0.2) is 54.6 Å². The Morgan fingerprint density at radius 3 is 2.48 bits per heavy atom. The second-order valence-electron chi connectivity index (χ2n) is 6.70. The lowest BCUT2D eigenvalue weighted by Crippen LogP contribution is -2.30. The molecule has 2 aromatic carbocycles. The molecule has 0 saturated heterocycles. The second kappa shape index (κ2) is 8.84. The van der Waals surface area contributed by atoms with E-state index in [1.807, 2.05) is 42.5 Å². The van der Waals surface area contributed by atoms with E-state index in [1.54, 1.807) is 21.1 Å². The topological polar surface area (TPSA) is 54.8 Å². The number of hydrogen-bond acceptors (Lipinski definition) is 5. The number of aliphatic hydroxyl groups is 1. The van der Waals surface area contributed by atoms with Crippen LogP contribution < -0.4 is 9.47 Å². The Labute approximate surface area is 160 Å². The van der Waals surface area contributed by atoms with Gasteiger partial charge in [-0.25, -0.2) is 0 Å². The highest BCUT2D eigenvalue weighted by atomic mass is 16.5. The lowest BCUT2D eigenvalue weighted by molar-refractivity contribution is 0.117. The average molecular weight is 366 g/mol. The Morgan fingerprint density at radius 1 is 0.963 bits per heavy atom. The van der Waals surface area contributed by atoms with Crippen LogP contribution in [0.25, 0.3) is 10.9 Å². The third-order valence-electron chi connectivity index (χ3n) is 4.42. The SMILES string of the molecule is COc1ccc(CN(Cc2ccc3ccccc3n2)CC(C)O)cc1OC. The van der Waals surface area contributed by atoms with Crippen molar-refractivity contribution in [1.82, 2.24) is 9.88 Å². The Balaban J connectivity index is 1.80. The zero-order valence-corrected chi connectivity index (χ0v) is 16.1. The van der Waals surface area contributed by atoms with Crippen molar-refractivity contribution in [2.45, 2.75) is 26.1 Å². The van der Waals surface area contributed by atoms with Gasteiger partial charge in [-0.05, 0) is 36.8 Å². The molecule has 0 amide bonds. The Kier molecular flexibility index (Phi) is 6.27. The van der Waals surface area contributed by atoms with Crippen molar-refractivity contribution < 1.29 is 14.6 Å². The van der Waals surface area contributed by atoms with Crippen LogP contribution in [0.1, 0.15) is 18.2 Å². The molecule has 0 aliphatic carbocycles. The molecule has 27 heavy (non-hydrogen) atoms. The Hall–Kier alpha value is -2.63. The number of para-hydroxylation sites is 1. The number of nitrogens with zero attached hydrogens (tertiary/aromatic N) is 2. The summed E-state index contributed by atoms with van der Waals surface area (Å²) in [6, 6.07) is 18.1. The van der Waals surface area contributed by atoms with Crippen LogP contribution in [0.3, 0.4) is 0 Å². The van der Waals surface area contributed by atoms with E-state index in [4.69, 9.17) is 14.5 Å². The molecular formula is C22H26N2O3. The molecule has 0 bridgehead atoms. The third kappa shape index (κ3) is 4.96. The van der Waals surface area contributed by atoms with Crippen LogP contribution >= 0.6 is 0 Å². The van der Waals surface area contributed by atoms with Crippen LogP contribution in [0.2, 0.25) is 0 Å². The smallest absolute Gasteiger partial charge is 0.161 e. The molecule has 3 rings (SSSR count). The van der Waals surface area contributed by atoms with Crippen molar-refractivity contribution in [2.75, 3.05) is 20.8 Å². The van der Waals surface area contributed by atoms with Crippen molar-refractivity contribution in [1.29, 1.82) is 0 Å². The molecule has 1 atom stereocenters. The Morgan fingerprint density at radius 2 is 1.74 bits per heavy atom. The highest BCUT2D eigenvalue weighted by molar-refractivity contribution is 5.78. The predicted molar refractivity (Wildman–Crippen MR) is 107 cm³/mol. The molecule has 0 fully saturated rings. The van der Waals surface area contributed by atoms with E-state index in [1.165, 1.54) is 0 Å². The number of aromatic nitrogens is 1. The lowest BCUT2D eigenvalue weighted by atomic mass is 10.1. The minimum absolute atomic E-state index is 0.425. The molecule has 1 aromatic heterocycles. The highest BCUT2D eigenvalue weighted by Gasteiger charge is 2.13. The first-order valence-corrected chi connectivity index (χ1v) is 9.05. The molecule has 1 unspecified atom stereocenters. The van der Waals surface area contributed by atoms with Gasteiger partial charge in [0.1, 0.15) is 0 Å². The number of aliphatic hydroxyl groups excluding tert-OH is 1. The molecule has 1 heterocycles. The molecule has 142 valence electrons. The van der Waals surface area contributed by atoms with Crippen molar-refractivity contribution in [3.8, 4) is 11.5 Å². The van der Waals surface area contributed by atoms with Gasteiger partial charge in [-0.2, -0.15) is 0 Å². The summed E-state index contributed by atoms with van der Waals surface area (Å²) < 4.78 is 10.7. The molecule has 1 N–H and O–H groups in total. The first-order chi connectivity index (χ1) is 13.1. The van der Waals surface area contributed by atoms with E-state index < -0.39 is 6.10 Å². The molecule has 0 saturated carbocycles. The molecule has 3 aromatic rings. The zero-order valence-electron chi connectivity index (χ0n) is 16.1. The third-order valence-corrected chi connectivity index (χ3v) is 4.42. The quantitative estimate of drug-likeness (QED) is 0.660. The maximum absolute atomic E-state index is 9.93. The van der Waals surface area contributed by atoms with Gasteiger partial charge in [-0.3, -0.25) is 9.88 Å². The standard InChI is InChI=1S/C22H26N2O3/c1-16(25)13-24(14-17-8-11-21(26-2)22(12-17)27-3)15-19-10-9-18-6-4-5-7-20(18)23-19/h4-12,16,25H,13-15H2,1-3H3. The molecule has 5 heteroatoms. The molecule has 0 aliphatic rings. The van der Waals surface area contributed by atoms with Gasteiger partial charge in [0.25, 0.3) is 0 Å². The van der Waals surface area contributed by atoms with Crippen molar-refractivity contribution in [3.63, 3.8) is 0 Å². The second-order valence-corrected chi connectivity index (χ2v) is 6.70. The van der Waals surface area contributed by atoms with Crippen LogP contribution in [-0.2, 0) is 13.1 Å². The van der Waals surface area contributed by atoms with Crippen molar-refractivity contribution in [3.05, 3.63) is 65.9 Å². The molecule has 0 radical (unpaired) electrons. The fraction of sp³-hybridized carbons (Fsp3) is 0.318. The van der Waals surface area contributed by atoms with Gasteiger partial charge < -0.3 is 14.6 Å². The van der Waals surface area contributed by atoms with Crippen LogP contribution in [-0.4, -0.2) is 41.9 Å². The van der Waals surface area contributed by atoms with Crippen molar-refractivity contribution >= 4 is 10.9 Å². The summed E-state index contributed by atoms with van der Waals surface area (Å²) in [5.74, 6) is 1.41. The summed E-state index contributed by atoms with van der Waals surface area (Å²) in [7, 11) is 3.26. The summed E-state index contributed by atoms with van der Waals surface area (Å²) in [6.45, 7) is 3.70. The normalized spacial score (nSPS) is 12.3. The number of fused-ring (bicyclic) bond motifs is 1. The van der Waals surface area contributed by atoms with Crippen LogP contribution in [0, 0.1) is 0 Å². The summed E-state index contributed by atoms with van der Waals surface area (Å²) in [5.41, 5.74) is 3.06. The number of ether oxygens (including phenoxy) is 2. The predicted octanol–water partition coefficient (Wildman–Crippen LogP) is 3.64. The van der Waals surface area contributed by atoms with Crippen LogP contribution in [0.4, 0.5) is 0 Å². The molecule has 0 spiro atoms. The minimum Gasteiger partial charge on any atom is -0.493 e. The number of rotatable bonds is 8. The fourth-order valence-electron chi connectivity index (χ4n) is 3.22. The van der Waals surface area contributed by atoms with Gasteiger partial charge in [0.05, 0.1) is 31.5 Å². The summed E-state index contributed by atoms with van der Waals surface area (Å²) in [6.07, 6.45) is -0.425. The fourth-order valence-corrected chi connectivity index (χ4v) is 3.22. The van der Waals surface area contributed by atoms with E-state index in [0.717, 1.165) is 22.2 Å². The Bertz CT molecular complexity index is 896. The van der Waals surface area contributed by atoms with Gasteiger partial charge in [-0.1, -0.05) is 30.3 Å². The molecule has 5 nitrogen and oxygen atoms in total. The molecular weight excluding hydrogens is 340 g/mol. The summed E-state index contributed by atoms with van der Waals surface area (Å²) in [5, 5.41) is 11.1. The van der Waals surface area contributed by atoms with Gasteiger partial charge in [-0.15, -0.1) is 0 Å². The van der Waals surface area contributed by atoms with Gasteiger partial charge in [0.2, 0.25) is 0 Å². The van der Waals surface area contributed by atoms with E-state index in [9.17, 15) is 5.11 Å². The van der Waals surface area contributed by atoms with Gasteiger partial charge >= 0.3 is 0 Å². The summed E-state index contributed by atoms with van der Waals surface area (Å²) >= 11 is 0. The van der Waals surface area contributed by atoms with E-state index in [0.29, 0.717) is 31.1 Å². The van der Waals surface area contributed by atoms with E-state index in [-0.39, 0.29) is 0 Å². The van der Waals surface area contributed by atoms with E-state index >= 15 is 0 Å². The monoisotopic (exact) mass is 366 g/mol. The maximum Gasteiger partial charge on any atom is 0.161 e. The number of pyridine rings is 1. The van der Waals surface area contributed by atoms with Crippen molar-refractivity contribution in [2.24, 2.45) is 0 Å². The number of benzene rings is 2. The zero-order chi connectivity index (χ0) is 19.2. The highest BCUT2D eigenvalue weighted by Crippen LogP contribution is 2.28. The minimum atomic E-state index is -0.425. The first kappa shape index (κ1) is 19.1. The average Bonchev–Trinajstić information content (AvgIpc) is 2.67. The van der Waals surface area contributed by atoms with Gasteiger partial charge in [0, 0.05) is 25.0 Å². The first-order valence-electron chi connectivity index (χ1n) is 9.05. The van der Waals surface area contributed by atoms with E-state index in [2.05, 4.69) is 17.0 Å². The van der Waals surface area contributed by atoms with Gasteiger partial charge in [0.15, 0.2) is 11.5 Å².